The molecule has 0 saturated heterocycles. The highest BCUT2D eigenvalue weighted by molar-refractivity contribution is 9.10. The molecular formula is C16H12BrN3O3S. The second-order valence-electron chi connectivity index (χ2n) is 4.61. The Morgan fingerprint density at radius 2 is 1.96 bits per heavy atom. The van der Waals surface area contributed by atoms with Crippen molar-refractivity contribution >= 4 is 56.6 Å². The Morgan fingerprint density at radius 3 is 2.67 bits per heavy atom. The summed E-state index contributed by atoms with van der Waals surface area (Å²) in [4.78, 5) is 22.1. The predicted molar refractivity (Wildman–Crippen MR) is 101 cm³/mol. The van der Waals surface area contributed by atoms with E-state index in [-0.39, 0.29) is 10.8 Å². The Morgan fingerprint density at radius 1 is 1.21 bits per heavy atom. The second-order valence-corrected chi connectivity index (χ2v) is 5.87. The summed E-state index contributed by atoms with van der Waals surface area (Å²) in [6.45, 7) is 0. The normalized spacial score (nSPS) is 10.4. The lowest BCUT2D eigenvalue weighted by molar-refractivity contribution is -0.384. The number of para-hydroxylation sites is 1. The minimum atomic E-state index is -0.492. The highest BCUT2D eigenvalue weighted by Gasteiger charge is 2.06. The van der Waals surface area contributed by atoms with Gasteiger partial charge in [0.25, 0.3) is 5.69 Å². The molecule has 2 N–H and O–H groups in total. The Kier molecular flexibility index (Phi) is 6.16. The fourth-order valence-corrected chi connectivity index (χ4v) is 2.38. The van der Waals surface area contributed by atoms with Gasteiger partial charge in [0.15, 0.2) is 5.11 Å². The molecule has 0 atom stereocenters. The first-order valence-electron chi connectivity index (χ1n) is 6.75. The molecule has 24 heavy (non-hydrogen) atoms. The van der Waals surface area contributed by atoms with Crippen LogP contribution in [0.4, 0.5) is 11.4 Å². The van der Waals surface area contributed by atoms with Crippen molar-refractivity contribution in [1.82, 2.24) is 5.32 Å². The van der Waals surface area contributed by atoms with E-state index >= 15 is 0 Å². The molecule has 0 aromatic heterocycles. The number of hydrogen-bond donors (Lipinski definition) is 2. The average molecular weight is 406 g/mol. The maximum Gasteiger partial charge on any atom is 0.270 e. The van der Waals surface area contributed by atoms with Crippen molar-refractivity contribution in [3.8, 4) is 0 Å². The molecule has 2 aromatic carbocycles. The summed E-state index contributed by atoms with van der Waals surface area (Å²) in [5.41, 5.74) is 1.23. The van der Waals surface area contributed by atoms with Crippen LogP contribution in [0.15, 0.2) is 59.1 Å². The van der Waals surface area contributed by atoms with Crippen molar-refractivity contribution in [1.29, 1.82) is 0 Å². The minimum absolute atomic E-state index is 0.0383. The quantitative estimate of drug-likeness (QED) is 0.349. The van der Waals surface area contributed by atoms with E-state index in [0.29, 0.717) is 5.56 Å². The molecule has 0 radical (unpaired) electrons. The van der Waals surface area contributed by atoms with E-state index < -0.39 is 10.8 Å². The second kappa shape index (κ2) is 8.32. The molecule has 2 rings (SSSR count). The molecule has 0 bridgehead atoms. The largest absolute Gasteiger partial charge is 0.331 e. The van der Waals surface area contributed by atoms with Gasteiger partial charge in [-0.15, -0.1) is 0 Å². The van der Waals surface area contributed by atoms with E-state index in [1.54, 1.807) is 12.1 Å². The van der Waals surface area contributed by atoms with Crippen molar-refractivity contribution in [2.75, 3.05) is 5.32 Å². The van der Waals surface area contributed by atoms with Gasteiger partial charge in [0, 0.05) is 22.7 Å². The maximum absolute atomic E-state index is 11.8. The van der Waals surface area contributed by atoms with Crippen LogP contribution in [0, 0.1) is 10.1 Å². The van der Waals surface area contributed by atoms with Crippen molar-refractivity contribution in [3.63, 3.8) is 0 Å². The first-order valence-corrected chi connectivity index (χ1v) is 7.95. The lowest BCUT2D eigenvalue weighted by Gasteiger charge is -2.09. The third kappa shape index (κ3) is 5.25. The number of rotatable bonds is 4. The first kappa shape index (κ1) is 17.8. The predicted octanol–water partition coefficient (Wildman–Crippen LogP) is 3.88. The summed E-state index contributed by atoms with van der Waals surface area (Å²) < 4.78 is 0.814. The molecule has 6 nitrogen and oxygen atoms in total. The van der Waals surface area contributed by atoms with E-state index in [9.17, 15) is 14.9 Å². The zero-order chi connectivity index (χ0) is 17.5. The van der Waals surface area contributed by atoms with Gasteiger partial charge in [-0.25, -0.2) is 0 Å². The van der Waals surface area contributed by atoms with Crippen LogP contribution in [0.3, 0.4) is 0 Å². The zero-order valence-electron chi connectivity index (χ0n) is 12.2. The molecule has 1 amide bonds. The molecule has 0 unspecified atom stereocenters. The number of non-ortho nitro benzene ring substituents is 1. The van der Waals surface area contributed by atoms with E-state index in [4.69, 9.17) is 12.2 Å². The number of thiocarbonyl (C=S) groups is 1. The van der Waals surface area contributed by atoms with Crippen LogP contribution in [0.5, 0.6) is 0 Å². The fraction of sp³-hybridized carbons (Fsp3) is 0. The Bertz CT molecular complexity index is 824. The van der Waals surface area contributed by atoms with Gasteiger partial charge < -0.3 is 5.32 Å². The summed E-state index contributed by atoms with van der Waals surface area (Å²) in [6, 6.07) is 13.3. The van der Waals surface area contributed by atoms with Gasteiger partial charge in [-0.1, -0.05) is 24.3 Å². The van der Waals surface area contributed by atoms with E-state index in [2.05, 4.69) is 26.6 Å². The summed E-state index contributed by atoms with van der Waals surface area (Å²) in [6.07, 6.45) is 2.73. The van der Waals surface area contributed by atoms with Crippen LogP contribution in [-0.2, 0) is 4.79 Å². The van der Waals surface area contributed by atoms with Crippen molar-refractivity contribution in [2.24, 2.45) is 0 Å². The van der Waals surface area contributed by atoms with Crippen LogP contribution in [0.2, 0.25) is 0 Å². The third-order valence-corrected chi connectivity index (χ3v) is 3.76. The molecular weight excluding hydrogens is 394 g/mol. The first-order chi connectivity index (χ1) is 11.5. The molecule has 0 aliphatic carbocycles. The van der Waals surface area contributed by atoms with Gasteiger partial charge in [-0.3, -0.25) is 20.2 Å². The highest BCUT2D eigenvalue weighted by atomic mass is 79.9. The average Bonchev–Trinajstić information content (AvgIpc) is 2.55. The number of benzene rings is 2. The van der Waals surface area contributed by atoms with E-state index in [1.165, 1.54) is 24.3 Å². The summed E-state index contributed by atoms with van der Waals surface area (Å²) in [7, 11) is 0. The number of hydrogen-bond acceptors (Lipinski definition) is 4. The molecule has 0 heterocycles. The number of carbonyl (C=O) groups excluding carboxylic acids is 1. The number of nitro groups is 1. The summed E-state index contributed by atoms with van der Waals surface area (Å²) >= 11 is 8.44. The van der Waals surface area contributed by atoms with Crippen molar-refractivity contribution < 1.29 is 9.72 Å². The molecule has 122 valence electrons. The van der Waals surface area contributed by atoms with Crippen LogP contribution in [0.1, 0.15) is 5.56 Å². The van der Waals surface area contributed by atoms with Crippen LogP contribution >= 0.6 is 28.1 Å². The molecule has 0 fully saturated rings. The van der Waals surface area contributed by atoms with Crippen LogP contribution in [0.25, 0.3) is 6.08 Å². The van der Waals surface area contributed by atoms with Gasteiger partial charge in [-0.05, 0) is 51.9 Å². The lowest BCUT2D eigenvalue weighted by atomic mass is 10.2. The van der Waals surface area contributed by atoms with Gasteiger partial charge in [0.2, 0.25) is 5.91 Å². The summed E-state index contributed by atoms with van der Waals surface area (Å²) in [5, 5.41) is 16.3. The number of amides is 1. The zero-order valence-corrected chi connectivity index (χ0v) is 14.6. The molecule has 0 aliphatic heterocycles. The fourth-order valence-electron chi connectivity index (χ4n) is 1.78. The maximum atomic E-state index is 11.8. The Balaban J connectivity index is 1.95. The molecule has 0 aliphatic rings. The van der Waals surface area contributed by atoms with Crippen LogP contribution < -0.4 is 10.6 Å². The van der Waals surface area contributed by atoms with Crippen molar-refractivity contribution in [3.05, 3.63) is 74.8 Å². The Hall–Kier alpha value is -2.58. The molecule has 2 aromatic rings. The molecule has 0 spiro atoms. The van der Waals surface area contributed by atoms with Gasteiger partial charge >= 0.3 is 0 Å². The third-order valence-electron chi connectivity index (χ3n) is 2.87. The SMILES string of the molecule is O=C(/C=C/c1cccc([N+](=O)[O-])c1)NC(=S)Nc1ccccc1Br. The molecule has 0 saturated carbocycles. The highest BCUT2D eigenvalue weighted by Crippen LogP contribution is 2.20. The monoisotopic (exact) mass is 405 g/mol. The smallest absolute Gasteiger partial charge is 0.270 e. The van der Waals surface area contributed by atoms with Gasteiger partial charge in [0.05, 0.1) is 10.6 Å². The van der Waals surface area contributed by atoms with Gasteiger partial charge in [0.1, 0.15) is 0 Å². The number of carbonyl (C=O) groups is 1. The number of anilines is 1. The topological polar surface area (TPSA) is 84.3 Å². The van der Waals surface area contributed by atoms with E-state index in [1.807, 2.05) is 24.3 Å². The number of nitrogens with one attached hydrogen (secondary N) is 2. The minimum Gasteiger partial charge on any atom is -0.331 e. The number of halogens is 1. The Labute approximate surface area is 151 Å². The van der Waals surface area contributed by atoms with E-state index in [0.717, 1.165) is 10.2 Å². The molecule has 8 heteroatoms. The van der Waals surface area contributed by atoms with Crippen LogP contribution in [-0.4, -0.2) is 15.9 Å². The number of nitrogens with zero attached hydrogens (tertiary/aromatic N) is 1. The summed E-state index contributed by atoms with van der Waals surface area (Å²) in [5.74, 6) is -0.439. The van der Waals surface area contributed by atoms with Crippen molar-refractivity contribution in [2.45, 2.75) is 0 Å². The standard InChI is InChI=1S/C16H12BrN3O3S/c17-13-6-1-2-7-14(13)18-16(24)19-15(21)9-8-11-4-3-5-12(10-11)20(22)23/h1-10H,(H2,18,19,21,24)/b9-8+. The van der Waals surface area contributed by atoms with Gasteiger partial charge in [-0.2, -0.15) is 0 Å². The lowest BCUT2D eigenvalue weighted by Crippen LogP contribution is -2.32. The number of nitro benzene ring substituents is 1.